The third-order valence-corrected chi connectivity index (χ3v) is 7.00. The molecule has 0 aromatic carbocycles. The predicted molar refractivity (Wildman–Crippen MR) is 110 cm³/mol. The molecule has 3 fully saturated rings. The smallest absolute Gasteiger partial charge is 0.303 e. The molecule has 7 N–H and O–H groups in total. The number of piperidine rings is 1. The number of carbonyl (C=O) groups excluding carboxylic acids is 3. The number of hydrogen-bond donors (Lipinski definition) is 7. The van der Waals surface area contributed by atoms with Crippen molar-refractivity contribution in [2.24, 2.45) is 5.41 Å². The normalized spacial score (nSPS) is 34.4. The molecular weight excluding hydrogens is 422 g/mol. The van der Waals surface area contributed by atoms with Crippen LogP contribution in [-0.4, -0.2) is 80.6 Å². The van der Waals surface area contributed by atoms with Gasteiger partial charge in [-0.2, -0.15) is 0 Å². The van der Waals surface area contributed by atoms with E-state index in [1.165, 1.54) is 0 Å². The fourth-order valence-corrected chi connectivity index (χ4v) is 5.29. The van der Waals surface area contributed by atoms with Gasteiger partial charge in [0.2, 0.25) is 11.8 Å². The van der Waals surface area contributed by atoms with Crippen molar-refractivity contribution in [2.75, 3.05) is 6.54 Å². The lowest BCUT2D eigenvalue weighted by Crippen LogP contribution is -2.64. The van der Waals surface area contributed by atoms with E-state index in [9.17, 15) is 39.6 Å². The van der Waals surface area contributed by atoms with Gasteiger partial charge in [0.15, 0.2) is 0 Å². The lowest BCUT2D eigenvalue weighted by Gasteiger charge is -2.42. The van der Waals surface area contributed by atoms with Crippen LogP contribution in [0.5, 0.6) is 0 Å². The Morgan fingerprint density at radius 2 is 1.72 bits per heavy atom. The Kier molecular flexibility index (Phi) is 7.41. The van der Waals surface area contributed by atoms with Crippen LogP contribution >= 0.6 is 0 Å². The largest absolute Gasteiger partial charge is 0.481 e. The van der Waals surface area contributed by atoms with Crippen LogP contribution in [0.3, 0.4) is 0 Å². The molecule has 2 saturated carbocycles. The first-order valence-corrected chi connectivity index (χ1v) is 11.2. The van der Waals surface area contributed by atoms with E-state index in [1.807, 2.05) is 0 Å². The molecule has 1 saturated heterocycles. The van der Waals surface area contributed by atoms with Gasteiger partial charge in [-0.25, -0.2) is 0 Å². The third kappa shape index (κ3) is 5.57. The zero-order chi connectivity index (χ0) is 23.5. The van der Waals surface area contributed by atoms with Crippen LogP contribution in [0.4, 0.5) is 0 Å². The second-order valence-corrected chi connectivity index (χ2v) is 9.59. The lowest BCUT2D eigenvalue weighted by molar-refractivity contribution is -0.161. The molecule has 3 aliphatic rings. The molecule has 0 spiro atoms. The van der Waals surface area contributed by atoms with E-state index in [4.69, 9.17) is 0 Å². The van der Waals surface area contributed by atoms with Crippen molar-refractivity contribution >= 4 is 23.7 Å². The van der Waals surface area contributed by atoms with Crippen LogP contribution in [0.2, 0.25) is 0 Å². The highest BCUT2D eigenvalue weighted by atomic mass is 16.4. The van der Waals surface area contributed by atoms with Crippen molar-refractivity contribution in [1.82, 2.24) is 16.0 Å². The van der Waals surface area contributed by atoms with Crippen molar-refractivity contribution in [1.29, 1.82) is 0 Å². The van der Waals surface area contributed by atoms with Crippen LogP contribution in [0.1, 0.15) is 64.2 Å². The number of carboxylic acids is 1. The lowest BCUT2D eigenvalue weighted by atomic mass is 9.76. The number of amides is 3. The standard InChI is InChI=1S/C21H33N3O8/c25-14-9-21(32,19(31)24-12-4-3-7-22-18(12)30)8-13(17(14)29)23-15(26)10-20(11-16(27)28)5-1-2-6-20/h12-14,17,25,29,32H,1-11H2,(H,22,30)(H,23,26)(H,24,31)(H,27,28). The molecule has 1 heterocycles. The molecule has 3 amide bonds. The first-order chi connectivity index (χ1) is 15.0. The van der Waals surface area contributed by atoms with Crippen LogP contribution in [-0.2, 0) is 19.2 Å². The molecule has 5 atom stereocenters. The SMILES string of the molecule is O=C(O)CC1(CC(=O)NC2CC(O)(C(=O)NC3CCCNC3=O)CC(O)C2O)CCCC1. The van der Waals surface area contributed by atoms with Crippen LogP contribution in [0, 0.1) is 5.41 Å². The van der Waals surface area contributed by atoms with Crippen LogP contribution in [0.15, 0.2) is 0 Å². The third-order valence-electron chi connectivity index (χ3n) is 7.00. The highest BCUT2D eigenvalue weighted by molar-refractivity contribution is 5.92. The Hall–Kier alpha value is -2.24. The summed E-state index contributed by atoms with van der Waals surface area (Å²) >= 11 is 0. The number of carbonyl (C=O) groups is 4. The Balaban J connectivity index is 1.65. The second-order valence-electron chi connectivity index (χ2n) is 9.59. The van der Waals surface area contributed by atoms with Gasteiger partial charge in [0.25, 0.3) is 5.91 Å². The van der Waals surface area contributed by atoms with E-state index in [1.54, 1.807) is 0 Å². The first-order valence-electron chi connectivity index (χ1n) is 11.2. The molecular formula is C21H33N3O8. The molecule has 0 radical (unpaired) electrons. The maximum atomic E-state index is 12.8. The molecule has 0 bridgehead atoms. The predicted octanol–water partition coefficient (Wildman–Crippen LogP) is -1.46. The molecule has 1 aliphatic heterocycles. The quantitative estimate of drug-likeness (QED) is 0.243. The minimum atomic E-state index is -2.08. The Bertz CT molecular complexity index is 753. The van der Waals surface area contributed by atoms with Gasteiger partial charge >= 0.3 is 5.97 Å². The van der Waals surface area contributed by atoms with Crippen molar-refractivity contribution < 1.29 is 39.6 Å². The van der Waals surface area contributed by atoms with Crippen LogP contribution in [0.25, 0.3) is 0 Å². The summed E-state index contributed by atoms with van der Waals surface area (Å²) in [6.07, 6.45) is 0.146. The van der Waals surface area contributed by atoms with Gasteiger partial charge in [-0.15, -0.1) is 0 Å². The first kappa shape index (κ1) is 24.4. The number of aliphatic hydroxyl groups excluding tert-OH is 2. The minimum Gasteiger partial charge on any atom is -0.481 e. The highest BCUT2D eigenvalue weighted by Crippen LogP contribution is 2.44. The van der Waals surface area contributed by atoms with E-state index < -0.39 is 59.5 Å². The highest BCUT2D eigenvalue weighted by Gasteiger charge is 2.50. The Morgan fingerprint density at radius 3 is 2.34 bits per heavy atom. The van der Waals surface area contributed by atoms with Gasteiger partial charge in [0.05, 0.1) is 18.6 Å². The van der Waals surface area contributed by atoms with Gasteiger partial charge in [-0.1, -0.05) is 12.8 Å². The molecule has 5 unspecified atom stereocenters. The topological polar surface area (TPSA) is 185 Å². The Labute approximate surface area is 185 Å². The van der Waals surface area contributed by atoms with Gasteiger partial charge in [-0.3, -0.25) is 19.2 Å². The monoisotopic (exact) mass is 455 g/mol. The van der Waals surface area contributed by atoms with E-state index in [-0.39, 0.29) is 25.2 Å². The maximum absolute atomic E-state index is 12.8. The van der Waals surface area contributed by atoms with Crippen LogP contribution < -0.4 is 16.0 Å². The summed E-state index contributed by atoms with van der Waals surface area (Å²) in [6.45, 7) is 0.512. The maximum Gasteiger partial charge on any atom is 0.303 e. The van der Waals surface area contributed by atoms with Crippen molar-refractivity contribution in [3.8, 4) is 0 Å². The van der Waals surface area contributed by atoms with E-state index >= 15 is 0 Å². The summed E-state index contributed by atoms with van der Waals surface area (Å²) in [7, 11) is 0. The number of aliphatic carboxylic acids is 1. The molecule has 11 heteroatoms. The molecule has 11 nitrogen and oxygen atoms in total. The Morgan fingerprint density at radius 1 is 1.03 bits per heavy atom. The molecule has 32 heavy (non-hydrogen) atoms. The number of aliphatic hydroxyl groups is 3. The summed E-state index contributed by atoms with van der Waals surface area (Å²) in [6, 6.07) is -1.90. The van der Waals surface area contributed by atoms with Gasteiger partial charge in [0, 0.05) is 25.8 Å². The van der Waals surface area contributed by atoms with Crippen molar-refractivity contribution in [3.63, 3.8) is 0 Å². The van der Waals surface area contributed by atoms with Crippen molar-refractivity contribution in [3.05, 3.63) is 0 Å². The summed E-state index contributed by atoms with van der Waals surface area (Å²) in [5, 5.41) is 48.5. The van der Waals surface area contributed by atoms with E-state index in [0.29, 0.717) is 32.2 Å². The summed E-state index contributed by atoms with van der Waals surface area (Å²) in [5.41, 5.74) is -2.74. The van der Waals surface area contributed by atoms with E-state index in [2.05, 4.69) is 16.0 Å². The van der Waals surface area contributed by atoms with E-state index in [0.717, 1.165) is 12.8 Å². The number of nitrogens with one attached hydrogen (secondary N) is 3. The zero-order valence-electron chi connectivity index (χ0n) is 18.0. The molecule has 3 rings (SSSR count). The number of carboxylic acid groups (broad SMARTS) is 1. The fraction of sp³-hybridized carbons (Fsp3) is 0.810. The summed E-state index contributed by atoms with van der Waals surface area (Å²) in [5.74, 6) is -2.68. The molecule has 180 valence electrons. The second kappa shape index (κ2) is 9.72. The summed E-state index contributed by atoms with van der Waals surface area (Å²) < 4.78 is 0. The average Bonchev–Trinajstić information content (AvgIpc) is 3.14. The number of rotatable bonds is 7. The summed E-state index contributed by atoms with van der Waals surface area (Å²) in [4.78, 5) is 48.7. The van der Waals surface area contributed by atoms with Crippen molar-refractivity contribution in [2.45, 2.75) is 94.1 Å². The van der Waals surface area contributed by atoms with Gasteiger partial charge in [0.1, 0.15) is 17.7 Å². The zero-order valence-corrected chi connectivity index (χ0v) is 18.0. The number of hydrogen-bond acceptors (Lipinski definition) is 7. The molecule has 0 aromatic heterocycles. The fourth-order valence-electron chi connectivity index (χ4n) is 5.29. The average molecular weight is 456 g/mol. The molecule has 2 aliphatic carbocycles. The molecule has 0 aromatic rings. The minimum absolute atomic E-state index is 0.0501. The van der Waals surface area contributed by atoms with Gasteiger partial charge in [-0.05, 0) is 31.1 Å². The van der Waals surface area contributed by atoms with Gasteiger partial charge < -0.3 is 36.4 Å².